The first kappa shape index (κ1) is 13.8. The van der Waals surface area contributed by atoms with E-state index in [4.69, 9.17) is 5.11 Å². The molecule has 3 heteroatoms. The highest BCUT2D eigenvalue weighted by molar-refractivity contribution is 8.13. The van der Waals surface area contributed by atoms with Gasteiger partial charge in [-0.3, -0.25) is 4.79 Å². The van der Waals surface area contributed by atoms with Gasteiger partial charge < -0.3 is 5.11 Å². The standard InChI is InChI=1S/C14H16O2S/c1-12(16)17-11-3-5-14-8-6-13(7-9-14)4-2-10-15/h6-9,15H,2,4,10-11H2,1H3. The minimum atomic E-state index is 0.0960. The largest absolute Gasteiger partial charge is 0.396 e. The summed E-state index contributed by atoms with van der Waals surface area (Å²) >= 11 is 1.22. The van der Waals surface area contributed by atoms with Gasteiger partial charge >= 0.3 is 0 Å². The van der Waals surface area contributed by atoms with Crippen molar-refractivity contribution in [3.8, 4) is 11.8 Å². The fourth-order valence-electron chi connectivity index (χ4n) is 1.31. The Balaban J connectivity index is 2.47. The molecule has 0 amide bonds. The summed E-state index contributed by atoms with van der Waals surface area (Å²) in [6.07, 6.45) is 1.69. The first-order chi connectivity index (χ1) is 8.22. The van der Waals surface area contributed by atoms with E-state index in [1.54, 1.807) is 6.92 Å². The average Bonchev–Trinajstić information content (AvgIpc) is 2.33. The zero-order valence-corrected chi connectivity index (χ0v) is 10.7. The van der Waals surface area contributed by atoms with Crippen LogP contribution in [0.5, 0.6) is 0 Å². The van der Waals surface area contributed by atoms with Gasteiger partial charge in [0.05, 0.1) is 5.75 Å². The van der Waals surface area contributed by atoms with Crippen LogP contribution in [0.1, 0.15) is 24.5 Å². The first-order valence-corrected chi connectivity index (χ1v) is 6.53. The van der Waals surface area contributed by atoms with Crippen LogP contribution in [0.3, 0.4) is 0 Å². The smallest absolute Gasteiger partial charge is 0.186 e. The van der Waals surface area contributed by atoms with Gasteiger partial charge in [-0.25, -0.2) is 0 Å². The molecule has 0 atom stereocenters. The summed E-state index contributed by atoms with van der Waals surface area (Å²) in [5.41, 5.74) is 2.17. The molecule has 2 nitrogen and oxygen atoms in total. The number of aliphatic hydroxyl groups excluding tert-OH is 1. The summed E-state index contributed by atoms with van der Waals surface area (Å²) in [4.78, 5) is 10.7. The highest BCUT2D eigenvalue weighted by Gasteiger charge is 1.93. The third kappa shape index (κ3) is 6.15. The van der Waals surface area contributed by atoms with Crippen molar-refractivity contribution in [1.29, 1.82) is 0 Å². The van der Waals surface area contributed by atoms with Crippen LogP contribution < -0.4 is 0 Å². The molecular formula is C14H16O2S. The maximum absolute atomic E-state index is 10.7. The molecule has 1 N–H and O–H groups in total. The fourth-order valence-corrected chi connectivity index (χ4v) is 1.66. The van der Waals surface area contributed by atoms with Crippen molar-refractivity contribution >= 4 is 16.9 Å². The lowest BCUT2D eigenvalue weighted by molar-refractivity contribution is -0.109. The molecule has 0 aromatic heterocycles. The quantitative estimate of drug-likeness (QED) is 0.830. The molecular weight excluding hydrogens is 232 g/mol. The van der Waals surface area contributed by atoms with Gasteiger partial charge in [0.1, 0.15) is 0 Å². The maximum Gasteiger partial charge on any atom is 0.186 e. The van der Waals surface area contributed by atoms with Crippen molar-refractivity contribution in [1.82, 2.24) is 0 Å². The molecule has 17 heavy (non-hydrogen) atoms. The predicted molar refractivity (Wildman–Crippen MR) is 71.9 cm³/mol. The second-order valence-electron chi connectivity index (χ2n) is 3.61. The molecule has 0 aliphatic carbocycles. The minimum absolute atomic E-state index is 0.0960. The summed E-state index contributed by atoms with van der Waals surface area (Å²) in [5.74, 6) is 6.50. The molecule has 0 spiro atoms. The second kappa shape index (κ2) is 7.94. The van der Waals surface area contributed by atoms with Crippen molar-refractivity contribution in [2.75, 3.05) is 12.4 Å². The van der Waals surface area contributed by atoms with Crippen molar-refractivity contribution < 1.29 is 9.90 Å². The molecule has 1 rings (SSSR count). The average molecular weight is 248 g/mol. The zero-order valence-electron chi connectivity index (χ0n) is 9.90. The van der Waals surface area contributed by atoms with Crippen LogP contribution in [0.2, 0.25) is 0 Å². The number of aryl methyl sites for hydroxylation is 1. The van der Waals surface area contributed by atoms with Crippen LogP contribution in [0.15, 0.2) is 24.3 Å². The normalized spacial score (nSPS) is 9.53. The highest BCUT2D eigenvalue weighted by Crippen LogP contribution is 2.06. The van der Waals surface area contributed by atoms with E-state index < -0.39 is 0 Å². The van der Waals surface area contributed by atoms with Gasteiger partial charge in [-0.05, 0) is 30.5 Å². The molecule has 0 saturated carbocycles. The van der Waals surface area contributed by atoms with Crippen molar-refractivity contribution in [3.63, 3.8) is 0 Å². The minimum Gasteiger partial charge on any atom is -0.396 e. The van der Waals surface area contributed by atoms with E-state index in [1.165, 1.54) is 17.3 Å². The Bertz CT molecular complexity index is 412. The lowest BCUT2D eigenvalue weighted by Crippen LogP contribution is -1.89. The number of benzene rings is 1. The summed E-state index contributed by atoms with van der Waals surface area (Å²) in [6.45, 7) is 1.77. The maximum atomic E-state index is 10.7. The van der Waals surface area contributed by atoms with E-state index in [2.05, 4.69) is 11.8 Å². The summed E-state index contributed by atoms with van der Waals surface area (Å²) in [6, 6.07) is 7.99. The van der Waals surface area contributed by atoms with E-state index in [1.807, 2.05) is 24.3 Å². The van der Waals surface area contributed by atoms with Gasteiger partial charge in [0.2, 0.25) is 0 Å². The van der Waals surface area contributed by atoms with E-state index in [0.29, 0.717) is 5.75 Å². The number of carbonyl (C=O) groups excluding carboxylic acids is 1. The Morgan fingerprint density at radius 3 is 2.65 bits per heavy atom. The number of aliphatic hydroxyl groups is 1. The van der Waals surface area contributed by atoms with Crippen molar-refractivity contribution in [2.45, 2.75) is 19.8 Å². The Kier molecular flexibility index (Phi) is 6.46. The molecule has 0 radical (unpaired) electrons. The van der Waals surface area contributed by atoms with Crippen molar-refractivity contribution in [2.24, 2.45) is 0 Å². The van der Waals surface area contributed by atoms with E-state index in [0.717, 1.165) is 18.4 Å². The van der Waals surface area contributed by atoms with Crippen LogP contribution >= 0.6 is 11.8 Å². The Morgan fingerprint density at radius 2 is 2.06 bits per heavy atom. The number of rotatable bonds is 4. The molecule has 0 unspecified atom stereocenters. The van der Waals surface area contributed by atoms with Gasteiger partial charge in [0.25, 0.3) is 0 Å². The van der Waals surface area contributed by atoms with Crippen LogP contribution in [0.25, 0.3) is 0 Å². The monoisotopic (exact) mass is 248 g/mol. The Morgan fingerprint density at radius 1 is 1.35 bits per heavy atom. The van der Waals surface area contributed by atoms with Crippen LogP contribution in [0.4, 0.5) is 0 Å². The lowest BCUT2D eigenvalue weighted by Gasteiger charge is -1.98. The summed E-state index contributed by atoms with van der Waals surface area (Å²) < 4.78 is 0. The molecule has 0 fully saturated rings. The lowest BCUT2D eigenvalue weighted by atomic mass is 10.1. The fraction of sp³-hybridized carbons (Fsp3) is 0.357. The Labute approximate surface area is 106 Å². The summed E-state index contributed by atoms with van der Waals surface area (Å²) in [5, 5.41) is 8.81. The summed E-state index contributed by atoms with van der Waals surface area (Å²) in [7, 11) is 0. The zero-order chi connectivity index (χ0) is 12.5. The first-order valence-electron chi connectivity index (χ1n) is 5.54. The van der Waals surface area contributed by atoms with Crippen LogP contribution in [0, 0.1) is 11.8 Å². The molecule has 0 aliphatic heterocycles. The molecule has 90 valence electrons. The number of hydrogen-bond acceptors (Lipinski definition) is 3. The van der Waals surface area contributed by atoms with Crippen LogP contribution in [-0.4, -0.2) is 22.6 Å². The second-order valence-corrected chi connectivity index (χ2v) is 4.76. The van der Waals surface area contributed by atoms with Crippen molar-refractivity contribution in [3.05, 3.63) is 35.4 Å². The molecule has 1 aromatic carbocycles. The molecule has 0 heterocycles. The Hall–Kier alpha value is -1.24. The van der Waals surface area contributed by atoms with Gasteiger partial charge in [0, 0.05) is 19.1 Å². The predicted octanol–water partition coefficient (Wildman–Crippen LogP) is 2.24. The molecule has 0 aliphatic rings. The van der Waals surface area contributed by atoms with E-state index in [-0.39, 0.29) is 11.7 Å². The van der Waals surface area contributed by atoms with Gasteiger partial charge in [-0.2, -0.15) is 0 Å². The van der Waals surface area contributed by atoms with Crippen LogP contribution in [-0.2, 0) is 11.2 Å². The molecule has 1 aromatic rings. The van der Waals surface area contributed by atoms with E-state index >= 15 is 0 Å². The highest BCUT2D eigenvalue weighted by atomic mass is 32.2. The van der Waals surface area contributed by atoms with E-state index in [9.17, 15) is 4.79 Å². The third-order valence-electron chi connectivity index (χ3n) is 2.16. The topological polar surface area (TPSA) is 37.3 Å². The van der Waals surface area contributed by atoms with Gasteiger partial charge in [0.15, 0.2) is 5.12 Å². The molecule has 0 bridgehead atoms. The van der Waals surface area contributed by atoms with Gasteiger partial charge in [-0.1, -0.05) is 35.7 Å². The number of thioether (sulfide) groups is 1. The third-order valence-corrected chi connectivity index (χ3v) is 2.85. The number of carbonyl (C=O) groups is 1. The molecule has 0 saturated heterocycles. The number of hydrogen-bond donors (Lipinski definition) is 1. The SMILES string of the molecule is CC(=O)SCC#Cc1ccc(CCCO)cc1. The van der Waals surface area contributed by atoms with Gasteiger partial charge in [-0.15, -0.1) is 0 Å².